The van der Waals surface area contributed by atoms with E-state index >= 15 is 0 Å². The van der Waals surface area contributed by atoms with Crippen LogP contribution in [-0.4, -0.2) is 72.1 Å². The monoisotopic (exact) mass is 674 g/mol. The minimum absolute atomic E-state index is 0.00423. The Kier molecular flexibility index (Phi) is 13.2. The van der Waals surface area contributed by atoms with Crippen molar-refractivity contribution in [3.63, 3.8) is 0 Å². The zero-order valence-electron chi connectivity index (χ0n) is 26.6. The summed E-state index contributed by atoms with van der Waals surface area (Å²) in [5.74, 6) is -1.79. The van der Waals surface area contributed by atoms with Gasteiger partial charge in [0.1, 0.15) is 0 Å². The molecule has 0 unspecified atom stereocenters. The summed E-state index contributed by atoms with van der Waals surface area (Å²) in [6, 6.07) is 6.89. The highest BCUT2D eigenvalue weighted by atomic mass is 32.1. The van der Waals surface area contributed by atoms with Crippen LogP contribution in [0.2, 0.25) is 0 Å². The molecule has 0 aliphatic rings. The molecule has 0 saturated carbocycles. The molecule has 4 aromatic rings. The van der Waals surface area contributed by atoms with Gasteiger partial charge in [-0.05, 0) is 25.0 Å². The summed E-state index contributed by atoms with van der Waals surface area (Å²) >= 11 is 2.57. The highest BCUT2D eigenvalue weighted by Gasteiger charge is 2.24. The highest BCUT2D eigenvalue weighted by Crippen LogP contribution is 2.35. The molecule has 0 fully saturated rings. The van der Waals surface area contributed by atoms with Crippen LogP contribution in [0.4, 0.5) is 0 Å². The van der Waals surface area contributed by atoms with Gasteiger partial charge < -0.3 is 29.2 Å². The molecular formula is C32H38N2O10S2. The first-order chi connectivity index (χ1) is 22.0. The average molecular weight is 675 g/mol. The number of carbonyl (C=O) groups excluding carboxylic acids is 2. The van der Waals surface area contributed by atoms with Gasteiger partial charge in [0.25, 0.3) is 11.8 Å². The number of ketones is 2. The van der Waals surface area contributed by atoms with E-state index in [1.54, 1.807) is 24.3 Å². The number of carboxylic acid groups (broad SMARTS) is 2. The van der Waals surface area contributed by atoms with Gasteiger partial charge in [0.15, 0.2) is 23.1 Å². The lowest BCUT2D eigenvalue weighted by Gasteiger charge is -2.08. The molecule has 0 aliphatic heterocycles. The number of thiophene rings is 2. The zero-order valence-corrected chi connectivity index (χ0v) is 28.2. The quantitative estimate of drug-likeness (QED) is 0.120. The summed E-state index contributed by atoms with van der Waals surface area (Å²) in [7, 11) is 6.04. The number of aliphatic carboxylic acids is 2. The molecule has 4 aromatic heterocycles. The molecule has 0 radical (unpaired) electrons. The molecule has 12 nitrogen and oxygen atoms in total. The number of methoxy groups -OCH3 is 4. The van der Waals surface area contributed by atoms with Crippen LogP contribution in [-0.2, 0) is 9.59 Å². The molecule has 0 bridgehead atoms. The van der Waals surface area contributed by atoms with Crippen LogP contribution < -0.4 is 18.9 Å². The zero-order chi connectivity index (χ0) is 34.0. The van der Waals surface area contributed by atoms with Crippen molar-refractivity contribution >= 4 is 66.6 Å². The van der Waals surface area contributed by atoms with Crippen molar-refractivity contribution in [2.75, 3.05) is 28.4 Å². The van der Waals surface area contributed by atoms with Crippen LogP contribution in [0.25, 0.3) is 20.4 Å². The Bertz CT molecular complexity index is 1490. The van der Waals surface area contributed by atoms with E-state index in [0.29, 0.717) is 56.9 Å². The van der Waals surface area contributed by atoms with Crippen LogP contribution in [0.3, 0.4) is 0 Å². The summed E-state index contributed by atoms with van der Waals surface area (Å²) < 4.78 is 22.3. The number of carbonyl (C=O) groups is 4. The number of rotatable bonds is 16. The number of carboxylic acids is 2. The summed E-state index contributed by atoms with van der Waals surface area (Å²) in [4.78, 5) is 56.8. The molecule has 0 amide bonds. The lowest BCUT2D eigenvalue weighted by atomic mass is 9.97. The lowest BCUT2D eigenvalue weighted by Crippen LogP contribution is -2.17. The van der Waals surface area contributed by atoms with Crippen LogP contribution in [0.5, 0.6) is 23.3 Å². The smallest absolute Gasteiger partial charge is 0.306 e. The Labute approximate surface area is 274 Å². The Balaban J connectivity index is 0.000000250. The van der Waals surface area contributed by atoms with Gasteiger partial charge in [-0.15, -0.1) is 22.7 Å². The Morgan fingerprint density at radius 2 is 1.02 bits per heavy atom. The fourth-order valence-electron chi connectivity index (χ4n) is 4.69. The van der Waals surface area contributed by atoms with Gasteiger partial charge in [-0.2, -0.15) is 0 Å². The van der Waals surface area contributed by atoms with Crippen LogP contribution in [0.15, 0.2) is 24.3 Å². The first-order valence-electron chi connectivity index (χ1n) is 14.6. The van der Waals surface area contributed by atoms with Crippen molar-refractivity contribution in [2.24, 2.45) is 11.8 Å². The Morgan fingerprint density at radius 1 is 0.652 bits per heavy atom. The molecule has 0 spiro atoms. The topological polar surface area (TPSA) is 171 Å². The van der Waals surface area contributed by atoms with Crippen molar-refractivity contribution in [3.8, 4) is 23.3 Å². The molecule has 2 N–H and O–H groups in total. The molecule has 14 heteroatoms. The van der Waals surface area contributed by atoms with E-state index in [1.807, 2.05) is 13.8 Å². The Morgan fingerprint density at radius 3 is 1.30 bits per heavy atom. The summed E-state index contributed by atoms with van der Waals surface area (Å²) in [6.45, 7) is 3.81. The van der Waals surface area contributed by atoms with Crippen molar-refractivity contribution in [1.29, 1.82) is 0 Å². The molecule has 248 valence electrons. The number of hydrogen-bond donors (Lipinski definition) is 2. The summed E-state index contributed by atoms with van der Waals surface area (Å²) in [5.41, 5.74) is 1.27. The number of pyridine rings is 2. The van der Waals surface area contributed by atoms with Gasteiger partial charge in [-0.25, -0.2) is 9.97 Å². The largest absolute Gasteiger partial charge is 0.491 e. The SMILES string of the molecule is CCC[C@@H](CC(=O)c1cc2nc(OC)c(OC)cc2s1)C(=O)O.CCC[C@H](CC(=O)c1cc2nc(OC)c(OC)cc2s1)C(=O)O. The number of ether oxygens (including phenoxy) is 4. The van der Waals surface area contributed by atoms with Gasteiger partial charge >= 0.3 is 11.9 Å². The summed E-state index contributed by atoms with van der Waals surface area (Å²) in [6.07, 6.45) is 2.45. The van der Waals surface area contributed by atoms with Gasteiger partial charge in [0.2, 0.25) is 0 Å². The number of aromatic nitrogens is 2. The van der Waals surface area contributed by atoms with E-state index in [4.69, 9.17) is 18.9 Å². The predicted octanol–water partition coefficient (Wildman–Crippen LogP) is 6.77. The minimum Gasteiger partial charge on any atom is -0.491 e. The number of nitrogens with zero attached hydrogens (tertiary/aromatic N) is 2. The van der Waals surface area contributed by atoms with Gasteiger partial charge in [-0.1, -0.05) is 26.7 Å². The molecule has 4 heterocycles. The second-order valence-corrected chi connectivity index (χ2v) is 12.5. The molecule has 0 aliphatic carbocycles. The first kappa shape index (κ1) is 36.2. The first-order valence-corrected chi connectivity index (χ1v) is 16.2. The minimum atomic E-state index is -0.928. The third-order valence-electron chi connectivity index (χ3n) is 7.08. The van der Waals surface area contributed by atoms with E-state index in [9.17, 15) is 29.4 Å². The Hall–Kier alpha value is -4.30. The number of hydrogen-bond acceptors (Lipinski definition) is 12. The van der Waals surface area contributed by atoms with Crippen molar-refractivity contribution in [2.45, 2.75) is 52.4 Å². The molecular weight excluding hydrogens is 636 g/mol. The normalized spacial score (nSPS) is 12.1. The third-order valence-corrected chi connectivity index (χ3v) is 9.31. The third kappa shape index (κ3) is 8.91. The van der Waals surface area contributed by atoms with Crippen LogP contribution in [0.1, 0.15) is 71.7 Å². The van der Waals surface area contributed by atoms with E-state index in [1.165, 1.54) is 51.1 Å². The molecule has 46 heavy (non-hydrogen) atoms. The molecule has 0 saturated heterocycles. The highest BCUT2D eigenvalue weighted by molar-refractivity contribution is 7.21. The molecule has 2 atom stereocenters. The maximum Gasteiger partial charge on any atom is 0.306 e. The maximum absolute atomic E-state index is 12.4. The second-order valence-electron chi connectivity index (χ2n) is 10.3. The second kappa shape index (κ2) is 16.9. The number of fused-ring (bicyclic) bond motifs is 2. The van der Waals surface area contributed by atoms with E-state index < -0.39 is 23.8 Å². The van der Waals surface area contributed by atoms with E-state index in [2.05, 4.69) is 9.97 Å². The molecule has 0 aromatic carbocycles. The lowest BCUT2D eigenvalue weighted by molar-refractivity contribution is -0.142. The van der Waals surface area contributed by atoms with Gasteiger partial charge in [-0.3, -0.25) is 19.2 Å². The van der Waals surface area contributed by atoms with Crippen LogP contribution >= 0.6 is 22.7 Å². The van der Waals surface area contributed by atoms with Crippen molar-refractivity contribution < 1.29 is 48.3 Å². The standard InChI is InChI=1S/2C16H19NO5S/c2*1-4-5-9(16(19)20)6-11(18)14-7-10-13(23-14)8-12(21-2)15(17-10)22-3/h2*7-9H,4-6H2,1-3H3,(H,19,20)/t2*9-/m10/s1. The predicted molar refractivity (Wildman–Crippen MR) is 175 cm³/mol. The number of Topliss-reactive ketones (excluding diaryl/α,β-unsaturated/α-hetero) is 2. The van der Waals surface area contributed by atoms with E-state index in [-0.39, 0.29) is 24.4 Å². The fourth-order valence-corrected chi connectivity index (χ4v) is 6.65. The molecule has 4 rings (SSSR count). The fraction of sp³-hybridized carbons (Fsp3) is 0.438. The van der Waals surface area contributed by atoms with Gasteiger partial charge in [0, 0.05) is 25.0 Å². The average Bonchev–Trinajstić information content (AvgIpc) is 3.66. The maximum atomic E-state index is 12.4. The summed E-state index contributed by atoms with van der Waals surface area (Å²) in [5, 5.41) is 18.4. The van der Waals surface area contributed by atoms with Gasteiger partial charge in [0.05, 0.1) is 70.5 Å². The van der Waals surface area contributed by atoms with Crippen LogP contribution in [0, 0.1) is 11.8 Å². The van der Waals surface area contributed by atoms with E-state index in [0.717, 1.165) is 22.2 Å². The van der Waals surface area contributed by atoms with Crippen molar-refractivity contribution in [1.82, 2.24) is 9.97 Å². The van der Waals surface area contributed by atoms with Crippen molar-refractivity contribution in [3.05, 3.63) is 34.0 Å².